The summed E-state index contributed by atoms with van der Waals surface area (Å²) < 4.78 is 25.2. The van der Waals surface area contributed by atoms with Gasteiger partial charge in [-0.05, 0) is 13.3 Å². The van der Waals surface area contributed by atoms with Gasteiger partial charge in [-0.15, -0.1) is 0 Å². The first kappa shape index (κ1) is 15.9. The topological polar surface area (TPSA) is 99.3 Å². The van der Waals surface area contributed by atoms with Gasteiger partial charge in [0, 0.05) is 19.3 Å². The number of nitrogens with one attached hydrogen (secondary N) is 2. The van der Waals surface area contributed by atoms with Gasteiger partial charge in [0.2, 0.25) is 5.91 Å². The smallest absolute Gasteiger partial charge is 0.305 e. The Hall–Kier alpha value is -1.19. The number of carbonyl (C=O) groups excluding carboxylic acids is 1. The van der Waals surface area contributed by atoms with E-state index in [1.165, 1.54) is 14.0 Å². The number of hydrogen-bond donors (Lipinski definition) is 2. The van der Waals surface area contributed by atoms with Gasteiger partial charge < -0.3 is 10.3 Å². The number of likely N-dealkylation sites (N-methyl/N-ethyl adjacent to an activating group) is 1. The molecule has 7 nitrogen and oxygen atoms in total. The summed E-state index contributed by atoms with van der Waals surface area (Å²) in [6.45, 7) is 3.65. The van der Waals surface area contributed by atoms with Crippen molar-refractivity contribution in [2.45, 2.75) is 24.5 Å². The molecule has 19 heavy (non-hydrogen) atoms. The lowest BCUT2D eigenvalue weighted by Gasteiger charge is -2.15. The Morgan fingerprint density at radius 3 is 2.58 bits per heavy atom. The zero-order chi connectivity index (χ0) is 14.6. The van der Waals surface area contributed by atoms with E-state index in [4.69, 9.17) is 0 Å². The number of hydrogen-bond acceptors (Lipinski definition) is 5. The third-order valence-corrected chi connectivity index (χ3v) is 5.75. The number of carbonyl (C=O) groups is 1. The zero-order valence-corrected chi connectivity index (χ0v) is 12.7. The standard InChI is InChI=1S/C10H17N3O4S2/c1-4-5-11-8(14)6-13(3)19(16,17)9-7(2)12-10(15)18-9/h4-6H2,1-3H3,(H,11,14)(H,12,15). The van der Waals surface area contributed by atoms with Crippen LogP contribution in [0.3, 0.4) is 0 Å². The summed E-state index contributed by atoms with van der Waals surface area (Å²) in [5.74, 6) is -0.367. The van der Waals surface area contributed by atoms with Crippen LogP contribution in [0.2, 0.25) is 0 Å². The monoisotopic (exact) mass is 307 g/mol. The molecule has 0 aliphatic heterocycles. The fourth-order valence-electron chi connectivity index (χ4n) is 1.39. The summed E-state index contributed by atoms with van der Waals surface area (Å²) in [4.78, 5) is 24.6. The lowest BCUT2D eigenvalue weighted by molar-refractivity contribution is -0.121. The van der Waals surface area contributed by atoms with Crippen molar-refractivity contribution in [1.29, 1.82) is 0 Å². The minimum absolute atomic E-state index is 0.0525. The van der Waals surface area contributed by atoms with Gasteiger partial charge in [0.1, 0.15) is 0 Å². The number of thiazole rings is 1. The molecule has 0 saturated heterocycles. The van der Waals surface area contributed by atoms with E-state index in [1.54, 1.807) is 0 Å². The summed E-state index contributed by atoms with van der Waals surface area (Å²) in [5, 5.41) is 2.60. The van der Waals surface area contributed by atoms with Gasteiger partial charge in [-0.3, -0.25) is 9.59 Å². The van der Waals surface area contributed by atoms with Crippen molar-refractivity contribution in [3.63, 3.8) is 0 Å². The predicted molar refractivity (Wildman–Crippen MR) is 72.8 cm³/mol. The molecule has 1 amide bonds. The fraction of sp³-hybridized carbons (Fsp3) is 0.600. The molecule has 0 spiro atoms. The van der Waals surface area contributed by atoms with Crippen molar-refractivity contribution in [3.05, 3.63) is 15.4 Å². The van der Waals surface area contributed by atoms with E-state index < -0.39 is 14.9 Å². The number of aryl methyl sites for hydroxylation is 1. The van der Waals surface area contributed by atoms with Gasteiger partial charge in [-0.2, -0.15) is 4.31 Å². The Morgan fingerprint density at radius 2 is 2.11 bits per heavy atom. The zero-order valence-electron chi connectivity index (χ0n) is 11.0. The molecule has 108 valence electrons. The molecule has 0 aromatic carbocycles. The predicted octanol–water partition coefficient (Wildman–Crippen LogP) is -0.108. The maximum atomic E-state index is 12.2. The molecule has 2 N–H and O–H groups in total. The third kappa shape index (κ3) is 3.88. The Balaban J connectivity index is 2.86. The SMILES string of the molecule is CCCNC(=O)CN(C)S(=O)(=O)c1sc(=O)[nH]c1C. The molecule has 0 radical (unpaired) electrons. The maximum absolute atomic E-state index is 12.2. The van der Waals surface area contributed by atoms with Crippen molar-refractivity contribution in [1.82, 2.24) is 14.6 Å². The number of amides is 1. The van der Waals surface area contributed by atoms with Gasteiger partial charge in [0.15, 0.2) is 4.21 Å². The quantitative estimate of drug-likeness (QED) is 0.766. The summed E-state index contributed by atoms with van der Waals surface area (Å²) in [7, 11) is -2.50. The number of H-pyrrole nitrogens is 1. The Labute approximate surface area is 115 Å². The molecule has 0 saturated carbocycles. The molecule has 1 aromatic rings. The lowest BCUT2D eigenvalue weighted by Crippen LogP contribution is -2.38. The average Bonchev–Trinajstić information content (AvgIpc) is 2.66. The van der Waals surface area contributed by atoms with Crippen LogP contribution in [0.25, 0.3) is 0 Å². The van der Waals surface area contributed by atoms with Crippen LogP contribution >= 0.6 is 11.3 Å². The third-order valence-electron chi connectivity index (χ3n) is 2.36. The van der Waals surface area contributed by atoms with Crippen LogP contribution < -0.4 is 10.2 Å². The molecule has 0 unspecified atom stereocenters. The van der Waals surface area contributed by atoms with Crippen molar-refractivity contribution in [2.24, 2.45) is 0 Å². The van der Waals surface area contributed by atoms with Crippen molar-refractivity contribution in [2.75, 3.05) is 20.1 Å². The number of rotatable bonds is 6. The summed E-state index contributed by atoms with van der Waals surface area (Å²) >= 11 is 0.622. The van der Waals surface area contributed by atoms with Crippen LogP contribution in [-0.2, 0) is 14.8 Å². The van der Waals surface area contributed by atoms with Crippen molar-refractivity contribution < 1.29 is 13.2 Å². The fourth-order valence-corrected chi connectivity index (χ4v) is 4.00. The molecular weight excluding hydrogens is 290 g/mol. The highest BCUT2D eigenvalue weighted by Gasteiger charge is 2.27. The Bertz CT molecular complexity index is 603. The average molecular weight is 307 g/mol. The van der Waals surface area contributed by atoms with Gasteiger partial charge in [0.25, 0.3) is 10.0 Å². The minimum Gasteiger partial charge on any atom is -0.355 e. The maximum Gasteiger partial charge on any atom is 0.305 e. The first-order chi connectivity index (χ1) is 8.78. The van der Waals surface area contributed by atoms with Gasteiger partial charge in [0.05, 0.1) is 6.54 Å². The molecule has 0 bridgehead atoms. The number of sulfonamides is 1. The van der Waals surface area contributed by atoms with Crippen LogP contribution in [0.4, 0.5) is 0 Å². The molecule has 0 aliphatic carbocycles. The Kier molecular flexibility index (Phi) is 5.27. The van der Waals surface area contributed by atoms with E-state index in [1.807, 2.05) is 6.92 Å². The van der Waals surface area contributed by atoms with Gasteiger partial charge in [-0.1, -0.05) is 18.3 Å². The number of aromatic nitrogens is 1. The van der Waals surface area contributed by atoms with Crippen molar-refractivity contribution >= 4 is 27.3 Å². The molecular formula is C10H17N3O4S2. The van der Waals surface area contributed by atoms with E-state index >= 15 is 0 Å². The van der Waals surface area contributed by atoms with E-state index in [9.17, 15) is 18.0 Å². The van der Waals surface area contributed by atoms with Crippen LogP contribution in [-0.4, -0.2) is 43.8 Å². The van der Waals surface area contributed by atoms with Gasteiger partial charge >= 0.3 is 4.87 Å². The molecule has 1 rings (SSSR count). The molecule has 0 atom stereocenters. The summed E-state index contributed by atoms with van der Waals surface area (Å²) in [5.41, 5.74) is 0.288. The van der Waals surface area contributed by atoms with Crippen LogP contribution in [0.5, 0.6) is 0 Å². The molecule has 0 aliphatic rings. The van der Waals surface area contributed by atoms with Crippen LogP contribution in [0.15, 0.2) is 9.00 Å². The summed E-state index contributed by atoms with van der Waals surface area (Å²) in [6.07, 6.45) is 0.779. The van der Waals surface area contributed by atoms with Gasteiger partial charge in [-0.25, -0.2) is 8.42 Å². The van der Waals surface area contributed by atoms with Crippen LogP contribution in [0.1, 0.15) is 19.0 Å². The molecule has 1 heterocycles. The van der Waals surface area contributed by atoms with E-state index in [2.05, 4.69) is 10.3 Å². The largest absolute Gasteiger partial charge is 0.355 e. The number of aromatic amines is 1. The van der Waals surface area contributed by atoms with Crippen LogP contribution in [0, 0.1) is 6.92 Å². The van der Waals surface area contributed by atoms with E-state index in [0.717, 1.165) is 10.7 Å². The van der Waals surface area contributed by atoms with E-state index in [-0.39, 0.29) is 22.4 Å². The number of nitrogens with zero attached hydrogens (tertiary/aromatic N) is 1. The van der Waals surface area contributed by atoms with E-state index in [0.29, 0.717) is 17.9 Å². The van der Waals surface area contributed by atoms with Crippen molar-refractivity contribution in [3.8, 4) is 0 Å². The first-order valence-electron chi connectivity index (χ1n) is 5.71. The Morgan fingerprint density at radius 1 is 1.47 bits per heavy atom. The second kappa shape index (κ2) is 6.31. The highest BCUT2D eigenvalue weighted by atomic mass is 32.2. The molecule has 9 heteroatoms. The highest BCUT2D eigenvalue weighted by molar-refractivity contribution is 7.91. The second-order valence-corrected chi connectivity index (χ2v) is 7.26. The molecule has 1 aromatic heterocycles. The molecule has 0 fully saturated rings. The normalized spacial score (nSPS) is 11.8. The highest BCUT2D eigenvalue weighted by Crippen LogP contribution is 2.19. The second-order valence-electron chi connectivity index (χ2n) is 4.04. The summed E-state index contributed by atoms with van der Waals surface area (Å²) in [6, 6.07) is 0. The lowest BCUT2D eigenvalue weighted by atomic mass is 10.4. The first-order valence-corrected chi connectivity index (χ1v) is 7.97. The minimum atomic E-state index is -3.81.